The van der Waals surface area contributed by atoms with Crippen molar-refractivity contribution in [3.63, 3.8) is 0 Å². The molecule has 4 heteroatoms. The highest BCUT2D eigenvalue weighted by Crippen LogP contribution is 2.20. The molecule has 1 aliphatic heterocycles. The van der Waals surface area contributed by atoms with Crippen molar-refractivity contribution in [2.24, 2.45) is 0 Å². The zero-order chi connectivity index (χ0) is 12.3. The van der Waals surface area contributed by atoms with E-state index in [1.165, 1.54) is 0 Å². The van der Waals surface area contributed by atoms with E-state index in [9.17, 15) is 4.79 Å². The van der Waals surface area contributed by atoms with Gasteiger partial charge in [0.1, 0.15) is 5.76 Å². The second-order valence-electron chi connectivity index (χ2n) is 4.47. The predicted octanol–water partition coefficient (Wildman–Crippen LogP) is 1.67. The number of carbonyl (C=O) groups is 1. The lowest BCUT2D eigenvalue weighted by atomic mass is 10.2. The molecule has 0 saturated carbocycles. The van der Waals surface area contributed by atoms with E-state index in [1.807, 2.05) is 24.9 Å². The van der Waals surface area contributed by atoms with Crippen LogP contribution in [0.2, 0.25) is 0 Å². The summed E-state index contributed by atoms with van der Waals surface area (Å²) in [6, 6.07) is 3.98. The van der Waals surface area contributed by atoms with Crippen molar-refractivity contribution in [2.75, 3.05) is 20.1 Å². The van der Waals surface area contributed by atoms with Crippen LogP contribution >= 0.6 is 0 Å². The Balaban J connectivity index is 2.08. The molecule has 1 atom stereocenters. The molecule has 0 bridgehead atoms. The Morgan fingerprint density at radius 1 is 1.59 bits per heavy atom. The average Bonchev–Trinajstić information content (AvgIpc) is 2.97. The first-order valence-corrected chi connectivity index (χ1v) is 6.30. The molecule has 94 valence electrons. The van der Waals surface area contributed by atoms with Gasteiger partial charge in [0.25, 0.3) is 5.91 Å². The maximum atomic E-state index is 12.3. The molecule has 0 aromatic carbocycles. The average molecular weight is 236 g/mol. The van der Waals surface area contributed by atoms with Gasteiger partial charge in [-0.15, -0.1) is 0 Å². The largest absolute Gasteiger partial charge is 0.456 e. The molecular weight excluding hydrogens is 216 g/mol. The zero-order valence-corrected chi connectivity index (χ0v) is 10.5. The van der Waals surface area contributed by atoms with Crippen molar-refractivity contribution in [2.45, 2.75) is 32.2 Å². The van der Waals surface area contributed by atoms with E-state index in [0.29, 0.717) is 11.8 Å². The van der Waals surface area contributed by atoms with Gasteiger partial charge in [0.2, 0.25) is 0 Å². The maximum absolute atomic E-state index is 12.3. The van der Waals surface area contributed by atoms with Gasteiger partial charge in [-0.2, -0.15) is 0 Å². The van der Waals surface area contributed by atoms with E-state index in [-0.39, 0.29) is 5.91 Å². The Bertz CT molecular complexity index is 387. The van der Waals surface area contributed by atoms with Crippen LogP contribution in [0.25, 0.3) is 0 Å². The van der Waals surface area contributed by atoms with Crippen LogP contribution in [0.4, 0.5) is 0 Å². The van der Waals surface area contributed by atoms with Gasteiger partial charge in [-0.1, -0.05) is 6.92 Å². The van der Waals surface area contributed by atoms with Gasteiger partial charge in [0.15, 0.2) is 5.76 Å². The molecule has 1 amide bonds. The number of hydrogen-bond acceptors (Lipinski definition) is 3. The summed E-state index contributed by atoms with van der Waals surface area (Å²) in [5.41, 5.74) is 0. The summed E-state index contributed by atoms with van der Waals surface area (Å²) in [6.07, 6.45) is 2.99. The summed E-state index contributed by atoms with van der Waals surface area (Å²) in [6.45, 7) is 3.72. The number of hydrogen-bond donors (Lipinski definition) is 1. The molecule has 0 aliphatic carbocycles. The molecule has 1 fully saturated rings. The first-order valence-electron chi connectivity index (χ1n) is 6.30. The molecule has 1 saturated heterocycles. The molecule has 0 radical (unpaired) electrons. The fraction of sp³-hybridized carbons (Fsp3) is 0.615. The highest BCUT2D eigenvalue weighted by Gasteiger charge is 2.30. The summed E-state index contributed by atoms with van der Waals surface area (Å²) in [5.74, 6) is 1.38. The fourth-order valence-electron chi connectivity index (χ4n) is 2.38. The molecular formula is C13H20N2O2. The summed E-state index contributed by atoms with van der Waals surface area (Å²) >= 11 is 0. The van der Waals surface area contributed by atoms with Crippen molar-refractivity contribution in [3.8, 4) is 0 Å². The van der Waals surface area contributed by atoms with Crippen molar-refractivity contribution in [3.05, 3.63) is 23.7 Å². The molecule has 4 nitrogen and oxygen atoms in total. The van der Waals surface area contributed by atoms with E-state index in [1.54, 1.807) is 6.07 Å². The molecule has 2 rings (SSSR count). The molecule has 17 heavy (non-hydrogen) atoms. The number of likely N-dealkylation sites (tertiary alicyclic amines) is 1. The Hall–Kier alpha value is -1.29. The van der Waals surface area contributed by atoms with Crippen LogP contribution in [0.3, 0.4) is 0 Å². The van der Waals surface area contributed by atoms with Crippen molar-refractivity contribution in [1.29, 1.82) is 0 Å². The standard InChI is InChI=1S/C13H20N2O2/c1-3-11-6-7-12(17-11)13(16)15-8-4-5-10(15)9-14-2/h6-7,10,14H,3-5,8-9H2,1-2H3/t10-/m0/s1. The van der Waals surface area contributed by atoms with Crippen LogP contribution in [0.15, 0.2) is 16.5 Å². The minimum Gasteiger partial charge on any atom is -0.456 e. The van der Waals surface area contributed by atoms with E-state index in [2.05, 4.69) is 5.32 Å². The maximum Gasteiger partial charge on any atom is 0.289 e. The van der Waals surface area contributed by atoms with Gasteiger partial charge in [-0.3, -0.25) is 4.79 Å². The summed E-state index contributed by atoms with van der Waals surface area (Å²) in [7, 11) is 1.92. The van der Waals surface area contributed by atoms with E-state index in [0.717, 1.165) is 38.1 Å². The number of nitrogens with one attached hydrogen (secondary N) is 1. The zero-order valence-electron chi connectivity index (χ0n) is 10.5. The molecule has 0 spiro atoms. The van der Waals surface area contributed by atoms with Crippen molar-refractivity contribution >= 4 is 5.91 Å². The predicted molar refractivity (Wildman–Crippen MR) is 66.1 cm³/mol. The topological polar surface area (TPSA) is 45.5 Å². The van der Waals surface area contributed by atoms with Crippen molar-refractivity contribution in [1.82, 2.24) is 10.2 Å². The summed E-state index contributed by atoms with van der Waals surface area (Å²) in [5, 5.41) is 3.14. The Labute approximate surface area is 102 Å². The van der Waals surface area contributed by atoms with Gasteiger partial charge in [-0.05, 0) is 32.0 Å². The third kappa shape index (κ3) is 2.52. The number of nitrogens with zero attached hydrogens (tertiary/aromatic N) is 1. The van der Waals surface area contributed by atoms with Gasteiger partial charge < -0.3 is 14.6 Å². The lowest BCUT2D eigenvalue weighted by Crippen LogP contribution is -2.40. The molecule has 1 N–H and O–H groups in total. The normalized spacial score (nSPS) is 19.9. The minimum atomic E-state index is 0.0300. The first-order chi connectivity index (χ1) is 8.26. The highest BCUT2D eigenvalue weighted by molar-refractivity contribution is 5.92. The van der Waals surface area contributed by atoms with Crippen molar-refractivity contribution < 1.29 is 9.21 Å². The molecule has 1 aliphatic rings. The lowest BCUT2D eigenvalue weighted by molar-refractivity contribution is 0.0703. The van der Waals surface area contributed by atoms with Crippen LogP contribution in [-0.2, 0) is 6.42 Å². The summed E-state index contributed by atoms with van der Waals surface area (Å²) in [4.78, 5) is 14.2. The van der Waals surface area contributed by atoms with Gasteiger partial charge in [-0.25, -0.2) is 0 Å². The van der Waals surface area contributed by atoms with E-state index >= 15 is 0 Å². The summed E-state index contributed by atoms with van der Waals surface area (Å²) < 4.78 is 5.52. The van der Waals surface area contributed by atoms with Crippen LogP contribution in [0.1, 0.15) is 36.1 Å². The van der Waals surface area contributed by atoms with Crippen LogP contribution in [0, 0.1) is 0 Å². The minimum absolute atomic E-state index is 0.0300. The third-order valence-electron chi connectivity index (χ3n) is 3.30. The number of carbonyl (C=O) groups excluding carboxylic acids is 1. The second kappa shape index (κ2) is 5.36. The lowest BCUT2D eigenvalue weighted by Gasteiger charge is -2.23. The van der Waals surface area contributed by atoms with Gasteiger partial charge in [0.05, 0.1) is 0 Å². The third-order valence-corrected chi connectivity index (χ3v) is 3.30. The van der Waals surface area contributed by atoms with Crippen LogP contribution < -0.4 is 5.32 Å². The van der Waals surface area contributed by atoms with Crippen LogP contribution in [-0.4, -0.2) is 37.0 Å². The quantitative estimate of drug-likeness (QED) is 0.865. The molecule has 1 aromatic rings. The van der Waals surface area contributed by atoms with E-state index in [4.69, 9.17) is 4.42 Å². The van der Waals surface area contributed by atoms with Crippen LogP contribution in [0.5, 0.6) is 0 Å². The Kier molecular flexibility index (Phi) is 3.84. The SMILES string of the molecule is CCc1ccc(C(=O)N2CCC[C@H]2CNC)o1. The fourth-order valence-corrected chi connectivity index (χ4v) is 2.38. The van der Waals surface area contributed by atoms with Gasteiger partial charge >= 0.3 is 0 Å². The molecule has 0 unspecified atom stereocenters. The van der Waals surface area contributed by atoms with Gasteiger partial charge in [0, 0.05) is 25.6 Å². The number of amides is 1. The Morgan fingerprint density at radius 3 is 3.06 bits per heavy atom. The number of aryl methyl sites for hydroxylation is 1. The second-order valence-corrected chi connectivity index (χ2v) is 4.47. The number of furan rings is 1. The first kappa shape index (κ1) is 12.2. The molecule has 1 aromatic heterocycles. The van der Waals surface area contributed by atoms with E-state index < -0.39 is 0 Å². The Morgan fingerprint density at radius 2 is 2.41 bits per heavy atom. The monoisotopic (exact) mass is 236 g/mol. The number of likely N-dealkylation sites (N-methyl/N-ethyl adjacent to an activating group) is 1. The molecule has 2 heterocycles. The smallest absolute Gasteiger partial charge is 0.289 e. The highest BCUT2D eigenvalue weighted by atomic mass is 16.4. The number of rotatable bonds is 4.